The minimum atomic E-state index is -0.311. The highest BCUT2D eigenvalue weighted by Gasteiger charge is 2.09. The highest BCUT2D eigenvalue weighted by molar-refractivity contribution is 7.12. The molecule has 2 aromatic rings. The molecule has 0 unspecified atom stereocenters. The van der Waals surface area contributed by atoms with Crippen LogP contribution in [-0.2, 0) is 11.2 Å². The van der Waals surface area contributed by atoms with E-state index in [0.717, 1.165) is 10.4 Å². The Bertz CT molecular complexity index is 544. The summed E-state index contributed by atoms with van der Waals surface area (Å²) in [6.07, 6.45) is 0.945. The first-order valence-electron chi connectivity index (χ1n) is 5.62. The van der Waals surface area contributed by atoms with Gasteiger partial charge < -0.3 is 5.73 Å². The second kappa shape index (κ2) is 5.60. The summed E-state index contributed by atoms with van der Waals surface area (Å²) in [6.45, 7) is 0. The summed E-state index contributed by atoms with van der Waals surface area (Å²) in [5.41, 5.74) is 6.77. The summed E-state index contributed by atoms with van der Waals surface area (Å²) in [7, 11) is 0. The van der Waals surface area contributed by atoms with Crippen LogP contribution in [0.1, 0.15) is 27.2 Å². The second-order valence-electron chi connectivity index (χ2n) is 3.97. The molecule has 0 saturated heterocycles. The van der Waals surface area contributed by atoms with Gasteiger partial charge in [-0.2, -0.15) is 0 Å². The van der Waals surface area contributed by atoms with Crippen molar-refractivity contribution in [2.75, 3.05) is 0 Å². The fourth-order valence-corrected chi connectivity index (χ4v) is 2.33. The maximum atomic E-state index is 12.0. The van der Waals surface area contributed by atoms with E-state index < -0.39 is 0 Å². The maximum Gasteiger partial charge on any atom is 0.217 e. The van der Waals surface area contributed by atoms with Crippen molar-refractivity contribution in [2.24, 2.45) is 5.73 Å². The van der Waals surface area contributed by atoms with Gasteiger partial charge in [-0.1, -0.05) is 30.3 Å². The lowest BCUT2D eigenvalue weighted by atomic mass is 10.0. The largest absolute Gasteiger partial charge is 0.370 e. The summed E-state index contributed by atoms with van der Waals surface area (Å²) >= 11 is 1.43. The fourth-order valence-electron chi connectivity index (χ4n) is 1.64. The standard InChI is InChI=1S/C14H13NO2S/c15-13(16)8-5-10-3-6-11(7-4-10)14(17)12-2-1-9-18-12/h1-4,6-7,9H,5,8H2,(H2,15,16). The van der Waals surface area contributed by atoms with Gasteiger partial charge in [0.25, 0.3) is 0 Å². The zero-order valence-electron chi connectivity index (χ0n) is 9.76. The number of ketones is 1. The molecule has 1 heterocycles. The Morgan fingerprint density at radius 1 is 1.11 bits per heavy atom. The second-order valence-corrected chi connectivity index (χ2v) is 4.92. The normalized spacial score (nSPS) is 10.2. The third-order valence-electron chi connectivity index (χ3n) is 2.62. The van der Waals surface area contributed by atoms with E-state index in [1.165, 1.54) is 11.3 Å². The van der Waals surface area contributed by atoms with Crippen LogP contribution in [0.3, 0.4) is 0 Å². The first-order valence-corrected chi connectivity index (χ1v) is 6.50. The van der Waals surface area contributed by atoms with Crippen LogP contribution in [-0.4, -0.2) is 11.7 Å². The molecule has 92 valence electrons. The first kappa shape index (κ1) is 12.5. The SMILES string of the molecule is NC(=O)CCc1ccc(C(=O)c2cccs2)cc1. The number of carbonyl (C=O) groups is 2. The molecule has 0 bridgehead atoms. The summed E-state index contributed by atoms with van der Waals surface area (Å²) in [5.74, 6) is -0.278. The van der Waals surface area contributed by atoms with Gasteiger partial charge in [0.1, 0.15) is 0 Å². The van der Waals surface area contributed by atoms with Crippen molar-refractivity contribution in [3.05, 3.63) is 57.8 Å². The number of aryl methyl sites for hydroxylation is 1. The van der Waals surface area contributed by atoms with E-state index in [2.05, 4.69) is 0 Å². The molecule has 0 fully saturated rings. The Morgan fingerprint density at radius 3 is 2.39 bits per heavy atom. The van der Waals surface area contributed by atoms with Gasteiger partial charge >= 0.3 is 0 Å². The van der Waals surface area contributed by atoms with Crippen molar-refractivity contribution in [2.45, 2.75) is 12.8 Å². The molecule has 0 aliphatic heterocycles. The van der Waals surface area contributed by atoms with Crippen LogP contribution in [0.4, 0.5) is 0 Å². The van der Waals surface area contributed by atoms with Gasteiger partial charge in [-0.15, -0.1) is 11.3 Å². The van der Waals surface area contributed by atoms with Gasteiger partial charge in [0.05, 0.1) is 4.88 Å². The van der Waals surface area contributed by atoms with Crippen LogP contribution in [0.5, 0.6) is 0 Å². The number of amides is 1. The molecule has 3 nitrogen and oxygen atoms in total. The first-order chi connectivity index (χ1) is 8.66. The lowest BCUT2D eigenvalue weighted by Crippen LogP contribution is -2.11. The minimum Gasteiger partial charge on any atom is -0.370 e. The Hall–Kier alpha value is -1.94. The molecule has 0 radical (unpaired) electrons. The molecule has 1 aromatic carbocycles. The molecule has 18 heavy (non-hydrogen) atoms. The number of hydrogen-bond acceptors (Lipinski definition) is 3. The maximum absolute atomic E-state index is 12.0. The number of benzene rings is 1. The predicted molar refractivity (Wildman–Crippen MR) is 71.7 cm³/mol. The molecular weight excluding hydrogens is 246 g/mol. The number of carbonyl (C=O) groups excluding carboxylic acids is 2. The van der Waals surface area contributed by atoms with Crippen LogP contribution >= 0.6 is 11.3 Å². The highest BCUT2D eigenvalue weighted by Crippen LogP contribution is 2.16. The molecule has 0 atom stereocenters. The Balaban J connectivity index is 2.08. The number of primary amides is 1. The van der Waals surface area contributed by atoms with Crippen molar-refractivity contribution in [1.29, 1.82) is 0 Å². The molecule has 2 N–H and O–H groups in total. The Morgan fingerprint density at radius 2 is 1.83 bits per heavy atom. The smallest absolute Gasteiger partial charge is 0.217 e. The van der Waals surface area contributed by atoms with Crippen LogP contribution in [0.2, 0.25) is 0 Å². The van der Waals surface area contributed by atoms with Crippen molar-refractivity contribution in [3.8, 4) is 0 Å². The summed E-state index contributed by atoms with van der Waals surface area (Å²) < 4.78 is 0. The zero-order chi connectivity index (χ0) is 13.0. The van der Waals surface area contributed by atoms with Gasteiger partial charge in [0.2, 0.25) is 11.7 Å². The molecule has 4 heteroatoms. The van der Waals surface area contributed by atoms with Crippen LogP contribution in [0.25, 0.3) is 0 Å². The van der Waals surface area contributed by atoms with Gasteiger partial charge in [0, 0.05) is 12.0 Å². The molecule has 0 spiro atoms. The Kier molecular flexibility index (Phi) is 3.89. The number of hydrogen-bond donors (Lipinski definition) is 1. The van der Waals surface area contributed by atoms with Gasteiger partial charge in [-0.3, -0.25) is 9.59 Å². The van der Waals surface area contributed by atoms with Crippen molar-refractivity contribution in [3.63, 3.8) is 0 Å². The van der Waals surface area contributed by atoms with Crippen molar-refractivity contribution in [1.82, 2.24) is 0 Å². The topological polar surface area (TPSA) is 60.2 Å². The third kappa shape index (κ3) is 3.05. The van der Waals surface area contributed by atoms with E-state index >= 15 is 0 Å². The molecule has 1 aromatic heterocycles. The molecule has 1 amide bonds. The summed E-state index contributed by atoms with van der Waals surface area (Å²) in [5, 5.41) is 1.88. The number of nitrogens with two attached hydrogens (primary N) is 1. The average molecular weight is 259 g/mol. The lowest BCUT2D eigenvalue weighted by Gasteiger charge is -2.01. The van der Waals surface area contributed by atoms with Gasteiger partial charge in [-0.05, 0) is 23.4 Å². The monoisotopic (exact) mass is 259 g/mol. The quantitative estimate of drug-likeness (QED) is 0.838. The van der Waals surface area contributed by atoms with Crippen LogP contribution < -0.4 is 5.73 Å². The molecule has 0 saturated carbocycles. The van der Waals surface area contributed by atoms with Gasteiger partial charge in [0.15, 0.2) is 0 Å². The number of rotatable bonds is 5. The van der Waals surface area contributed by atoms with Crippen molar-refractivity contribution >= 4 is 23.0 Å². The van der Waals surface area contributed by atoms with E-state index in [0.29, 0.717) is 18.4 Å². The molecule has 2 rings (SSSR count). The van der Waals surface area contributed by atoms with E-state index in [4.69, 9.17) is 5.73 Å². The minimum absolute atomic E-state index is 0.0338. The summed E-state index contributed by atoms with van der Waals surface area (Å²) in [6, 6.07) is 11.0. The van der Waals surface area contributed by atoms with E-state index in [1.54, 1.807) is 12.1 Å². The van der Waals surface area contributed by atoms with E-state index in [9.17, 15) is 9.59 Å². The number of thiophene rings is 1. The van der Waals surface area contributed by atoms with E-state index in [1.807, 2.05) is 29.6 Å². The van der Waals surface area contributed by atoms with Gasteiger partial charge in [-0.25, -0.2) is 0 Å². The summed E-state index contributed by atoms with van der Waals surface area (Å²) in [4.78, 5) is 23.4. The molecule has 0 aliphatic rings. The third-order valence-corrected chi connectivity index (χ3v) is 3.49. The fraction of sp³-hybridized carbons (Fsp3) is 0.143. The predicted octanol–water partition coefficient (Wildman–Crippen LogP) is 2.40. The Labute approximate surface area is 109 Å². The molecule has 0 aliphatic carbocycles. The molecular formula is C14H13NO2S. The highest BCUT2D eigenvalue weighted by atomic mass is 32.1. The van der Waals surface area contributed by atoms with Crippen molar-refractivity contribution < 1.29 is 9.59 Å². The van der Waals surface area contributed by atoms with Crippen LogP contribution in [0.15, 0.2) is 41.8 Å². The average Bonchev–Trinajstić information content (AvgIpc) is 2.90. The van der Waals surface area contributed by atoms with E-state index in [-0.39, 0.29) is 11.7 Å². The zero-order valence-corrected chi connectivity index (χ0v) is 10.6. The lowest BCUT2D eigenvalue weighted by molar-refractivity contribution is -0.117. The van der Waals surface area contributed by atoms with Crippen LogP contribution in [0, 0.1) is 0 Å².